The number of fused-ring (bicyclic) bond motifs is 1. The van der Waals surface area contributed by atoms with Crippen molar-refractivity contribution in [3.63, 3.8) is 0 Å². The van der Waals surface area contributed by atoms with Crippen LogP contribution in [0.2, 0.25) is 0 Å². The Morgan fingerprint density at radius 1 is 1.25 bits per heavy atom. The van der Waals surface area contributed by atoms with Gasteiger partial charge in [-0.3, -0.25) is 0 Å². The van der Waals surface area contributed by atoms with E-state index in [4.69, 9.17) is 16.2 Å². The van der Waals surface area contributed by atoms with Gasteiger partial charge in [-0.1, -0.05) is 0 Å². The van der Waals surface area contributed by atoms with Crippen LogP contribution in [0, 0.1) is 11.7 Å². The second kappa shape index (κ2) is 4.29. The quantitative estimate of drug-likeness (QED) is 0.777. The average Bonchev–Trinajstić information content (AvgIpc) is 2.65. The molecule has 0 saturated heterocycles. The van der Waals surface area contributed by atoms with Gasteiger partial charge in [-0.2, -0.15) is 0 Å². The Balaban J connectivity index is 2.02. The van der Waals surface area contributed by atoms with E-state index < -0.39 is 42.6 Å². The number of nitrogens with two attached hydrogens (primary N) is 2. The standard InChI is InChI=1S/C13H14F3N3O/c14-9-2-1-6(17)3-7(9)11-8-4-13(15,16)5-10(8)20-12(18)19-11/h1-3,8,10-11H,4-5,17H2,(H2,18,19)/t8-,10+,11+/m0/s1. The minimum atomic E-state index is -2.84. The summed E-state index contributed by atoms with van der Waals surface area (Å²) in [7, 11) is 0. The Labute approximate surface area is 113 Å². The number of aliphatic imine (C=N–C) groups is 1. The summed E-state index contributed by atoms with van der Waals surface area (Å²) in [5.74, 6) is -3.98. The van der Waals surface area contributed by atoms with E-state index in [0.717, 1.165) is 0 Å². The number of benzene rings is 1. The molecule has 0 amide bonds. The lowest BCUT2D eigenvalue weighted by atomic mass is 9.89. The zero-order chi connectivity index (χ0) is 14.5. The fourth-order valence-electron chi connectivity index (χ4n) is 2.96. The Morgan fingerprint density at radius 3 is 2.75 bits per heavy atom. The lowest BCUT2D eigenvalue weighted by molar-refractivity contribution is -0.00249. The average molecular weight is 285 g/mol. The van der Waals surface area contributed by atoms with E-state index >= 15 is 0 Å². The third kappa shape index (κ3) is 2.17. The molecule has 0 spiro atoms. The van der Waals surface area contributed by atoms with Crippen molar-refractivity contribution in [3.8, 4) is 0 Å². The SMILES string of the molecule is NC1=N[C@H](c2cc(N)ccc2F)[C@H]2CC(F)(F)C[C@H]2O1. The van der Waals surface area contributed by atoms with E-state index in [2.05, 4.69) is 4.99 Å². The van der Waals surface area contributed by atoms with Crippen molar-refractivity contribution in [3.05, 3.63) is 29.6 Å². The van der Waals surface area contributed by atoms with Crippen LogP contribution in [-0.4, -0.2) is 18.0 Å². The predicted octanol–water partition coefficient (Wildman–Crippen LogP) is 2.21. The molecule has 3 rings (SSSR count). The second-order valence-electron chi connectivity index (χ2n) is 5.28. The van der Waals surface area contributed by atoms with E-state index in [1.54, 1.807) is 0 Å². The molecule has 4 nitrogen and oxygen atoms in total. The Bertz CT molecular complexity index is 576. The number of anilines is 1. The number of rotatable bonds is 1. The molecule has 1 aliphatic heterocycles. The summed E-state index contributed by atoms with van der Waals surface area (Å²) in [4.78, 5) is 4.01. The molecule has 0 unspecified atom stereocenters. The van der Waals surface area contributed by atoms with Gasteiger partial charge in [0.25, 0.3) is 11.9 Å². The van der Waals surface area contributed by atoms with E-state index in [1.165, 1.54) is 18.2 Å². The summed E-state index contributed by atoms with van der Waals surface area (Å²) >= 11 is 0. The van der Waals surface area contributed by atoms with Crippen LogP contribution < -0.4 is 11.5 Å². The van der Waals surface area contributed by atoms with Gasteiger partial charge in [0.15, 0.2) is 0 Å². The maximum atomic E-state index is 13.9. The monoisotopic (exact) mass is 285 g/mol. The van der Waals surface area contributed by atoms with E-state index in [1.807, 2.05) is 0 Å². The zero-order valence-corrected chi connectivity index (χ0v) is 10.5. The maximum Gasteiger partial charge on any atom is 0.282 e. The van der Waals surface area contributed by atoms with Crippen molar-refractivity contribution >= 4 is 11.7 Å². The number of nitrogen functional groups attached to an aromatic ring is 1. The summed E-state index contributed by atoms with van der Waals surface area (Å²) in [5.41, 5.74) is 11.7. The fourth-order valence-corrected chi connectivity index (χ4v) is 2.96. The van der Waals surface area contributed by atoms with Crippen molar-refractivity contribution in [2.45, 2.75) is 30.9 Å². The van der Waals surface area contributed by atoms with Gasteiger partial charge in [0.2, 0.25) is 0 Å². The normalized spacial score (nSPS) is 31.4. The fraction of sp³-hybridized carbons (Fsp3) is 0.462. The van der Waals surface area contributed by atoms with Crippen molar-refractivity contribution < 1.29 is 17.9 Å². The molecular weight excluding hydrogens is 271 g/mol. The molecule has 2 aliphatic rings. The first kappa shape index (κ1) is 13.1. The highest BCUT2D eigenvalue weighted by Gasteiger charge is 2.53. The highest BCUT2D eigenvalue weighted by Crippen LogP contribution is 2.49. The summed E-state index contributed by atoms with van der Waals surface area (Å²) < 4.78 is 46.2. The van der Waals surface area contributed by atoms with Gasteiger partial charge in [0.1, 0.15) is 11.9 Å². The van der Waals surface area contributed by atoms with Gasteiger partial charge < -0.3 is 16.2 Å². The maximum absolute atomic E-state index is 13.9. The van der Waals surface area contributed by atoms with Crippen LogP contribution in [0.4, 0.5) is 18.9 Å². The minimum absolute atomic E-state index is 0.184. The minimum Gasteiger partial charge on any atom is -0.461 e. The lowest BCUT2D eigenvalue weighted by Gasteiger charge is -2.30. The second-order valence-corrected chi connectivity index (χ2v) is 5.28. The molecule has 0 bridgehead atoms. The van der Waals surface area contributed by atoms with Crippen LogP contribution >= 0.6 is 0 Å². The largest absolute Gasteiger partial charge is 0.461 e. The topological polar surface area (TPSA) is 73.6 Å². The molecular formula is C13H14F3N3O. The Morgan fingerprint density at radius 2 is 2.00 bits per heavy atom. The van der Waals surface area contributed by atoms with E-state index in [9.17, 15) is 13.2 Å². The van der Waals surface area contributed by atoms with Crippen LogP contribution in [-0.2, 0) is 4.74 Å². The van der Waals surface area contributed by atoms with Crippen LogP contribution in [0.25, 0.3) is 0 Å². The smallest absolute Gasteiger partial charge is 0.282 e. The highest BCUT2D eigenvalue weighted by atomic mass is 19.3. The summed E-state index contributed by atoms with van der Waals surface area (Å²) in [6.07, 6.45) is -1.56. The Kier molecular flexibility index (Phi) is 2.81. The van der Waals surface area contributed by atoms with Gasteiger partial charge in [-0.25, -0.2) is 18.2 Å². The van der Waals surface area contributed by atoms with Gasteiger partial charge >= 0.3 is 0 Å². The predicted molar refractivity (Wildman–Crippen MR) is 67.7 cm³/mol. The van der Waals surface area contributed by atoms with Crippen LogP contribution in [0.1, 0.15) is 24.4 Å². The van der Waals surface area contributed by atoms with Crippen molar-refractivity contribution in [2.75, 3.05) is 5.73 Å². The molecule has 1 aromatic carbocycles. The third-order valence-electron chi connectivity index (χ3n) is 3.79. The number of alkyl halides is 2. The number of halogens is 3. The number of nitrogens with zero attached hydrogens (tertiary/aromatic N) is 1. The van der Waals surface area contributed by atoms with Crippen molar-refractivity contribution in [1.82, 2.24) is 0 Å². The molecule has 1 aliphatic carbocycles. The lowest BCUT2D eigenvalue weighted by Crippen LogP contribution is -2.36. The molecule has 20 heavy (non-hydrogen) atoms. The molecule has 1 aromatic rings. The summed E-state index contributed by atoms with van der Waals surface area (Å²) in [6, 6.07) is 3.05. The molecule has 108 valence electrons. The summed E-state index contributed by atoms with van der Waals surface area (Å²) in [6.45, 7) is 0. The summed E-state index contributed by atoms with van der Waals surface area (Å²) in [5, 5.41) is 0. The first-order chi connectivity index (χ1) is 9.35. The number of hydrogen-bond donors (Lipinski definition) is 2. The van der Waals surface area contributed by atoms with Gasteiger partial charge in [0.05, 0.1) is 6.04 Å². The molecule has 1 saturated carbocycles. The number of ether oxygens (including phenoxy) is 1. The molecule has 3 atom stereocenters. The molecule has 0 radical (unpaired) electrons. The molecule has 7 heteroatoms. The molecule has 1 heterocycles. The first-order valence-corrected chi connectivity index (χ1v) is 6.28. The Hall–Kier alpha value is -1.92. The first-order valence-electron chi connectivity index (χ1n) is 6.28. The van der Waals surface area contributed by atoms with E-state index in [0.29, 0.717) is 5.69 Å². The molecule has 0 aromatic heterocycles. The molecule has 4 N–H and O–H groups in total. The number of hydrogen-bond acceptors (Lipinski definition) is 4. The van der Waals surface area contributed by atoms with Crippen LogP contribution in [0.3, 0.4) is 0 Å². The number of amidine groups is 1. The van der Waals surface area contributed by atoms with Gasteiger partial charge in [-0.15, -0.1) is 0 Å². The highest BCUT2D eigenvalue weighted by molar-refractivity contribution is 5.73. The van der Waals surface area contributed by atoms with E-state index in [-0.39, 0.29) is 11.6 Å². The van der Waals surface area contributed by atoms with Crippen molar-refractivity contribution in [1.29, 1.82) is 0 Å². The molecule has 1 fully saturated rings. The van der Waals surface area contributed by atoms with Gasteiger partial charge in [-0.05, 0) is 18.2 Å². The van der Waals surface area contributed by atoms with Gasteiger partial charge in [0, 0.05) is 30.0 Å². The zero-order valence-electron chi connectivity index (χ0n) is 10.5. The third-order valence-corrected chi connectivity index (χ3v) is 3.79. The van der Waals surface area contributed by atoms with Crippen LogP contribution in [0.15, 0.2) is 23.2 Å². The van der Waals surface area contributed by atoms with Crippen molar-refractivity contribution in [2.24, 2.45) is 16.6 Å². The van der Waals surface area contributed by atoms with Crippen LogP contribution in [0.5, 0.6) is 0 Å².